The predicted octanol–water partition coefficient (Wildman–Crippen LogP) is 4.48. The molecular weight excluding hydrogens is 334 g/mol. The van der Waals surface area contributed by atoms with Crippen molar-refractivity contribution in [3.63, 3.8) is 0 Å². The van der Waals surface area contributed by atoms with Crippen LogP contribution in [0.4, 0.5) is 0 Å². The van der Waals surface area contributed by atoms with Gasteiger partial charge in [-0.2, -0.15) is 11.8 Å². The fourth-order valence-corrected chi connectivity index (χ4v) is 2.90. The second-order valence-corrected chi connectivity index (χ2v) is 6.56. The zero-order chi connectivity index (χ0) is 14.4. The molecule has 2 nitrogen and oxygen atoms in total. The highest BCUT2D eigenvalue weighted by atomic mass is 79.9. The number of fused-ring (bicyclic) bond motifs is 1. The van der Waals surface area contributed by atoms with E-state index in [-0.39, 0.29) is 5.91 Å². The van der Waals surface area contributed by atoms with Gasteiger partial charge in [0, 0.05) is 16.6 Å². The van der Waals surface area contributed by atoms with Crippen LogP contribution in [0.15, 0.2) is 40.9 Å². The van der Waals surface area contributed by atoms with Crippen LogP contribution in [0.25, 0.3) is 10.8 Å². The van der Waals surface area contributed by atoms with Gasteiger partial charge in [0.25, 0.3) is 5.91 Å². The van der Waals surface area contributed by atoms with Gasteiger partial charge in [0.05, 0.1) is 0 Å². The summed E-state index contributed by atoms with van der Waals surface area (Å²) in [4.78, 5) is 12.1. The lowest BCUT2D eigenvalue weighted by Crippen LogP contribution is -2.24. The van der Waals surface area contributed by atoms with Gasteiger partial charge in [-0.25, -0.2) is 0 Å². The fourth-order valence-electron chi connectivity index (χ4n) is 2.03. The molecule has 2 aromatic rings. The number of benzene rings is 2. The fraction of sp³-hybridized carbons (Fsp3) is 0.312. The van der Waals surface area contributed by atoms with Gasteiger partial charge in [-0.15, -0.1) is 0 Å². The molecule has 1 amide bonds. The molecule has 20 heavy (non-hydrogen) atoms. The number of hydrogen-bond donors (Lipinski definition) is 1. The van der Waals surface area contributed by atoms with Crippen LogP contribution in [0.1, 0.15) is 23.2 Å². The lowest BCUT2D eigenvalue weighted by Gasteiger charge is -2.06. The summed E-state index contributed by atoms with van der Waals surface area (Å²) < 4.78 is 1.05. The monoisotopic (exact) mass is 351 g/mol. The number of rotatable bonds is 6. The highest BCUT2D eigenvalue weighted by molar-refractivity contribution is 9.10. The van der Waals surface area contributed by atoms with E-state index in [1.54, 1.807) is 0 Å². The molecule has 0 saturated carbocycles. The third kappa shape index (κ3) is 4.25. The number of nitrogens with one attached hydrogen (secondary N) is 1. The second kappa shape index (κ2) is 7.70. The summed E-state index contributed by atoms with van der Waals surface area (Å²) in [6.07, 6.45) is 4.28. The minimum absolute atomic E-state index is 0.0129. The molecule has 0 radical (unpaired) electrons. The standard InChI is InChI=1S/C16H18BrNOS/c1-20-9-3-2-8-18-16(19)14-5-4-13-11-15(17)7-6-12(13)10-14/h4-7,10-11H,2-3,8-9H2,1H3,(H,18,19). The topological polar surface area (TPSA) is 29.1 Å². The quantitative estimate of drug-likeness (QED) is 0.777. The largest absolute Gasteiger partial charge is 0.352 e. The summed E-state index contributed by atoms with van der Waals surface area (Å²) in [5, 5.41) is 5.20. The zero-order valence-corrected chi connectivity index (χ0v) is 13.9. The van der Waals surface area contributed by atoms with E-state index in [1.807, 2.05) is 42.1 Å². The maximum Gasteiger partial charge on any atom is 0.251 e. The minimum atomic E-state index is 0.0129. The molecular formula is C16H18BrNOS. The molecule has 0 aliphatic rings. The number of unbranched alkanes of at least 4 members (excludes halogenated alkanes) is 1. The van der Waals surface area contributed by atoms with Gasteiger partial charge < -0.3 is 5.32 Å². The van der Waals surface area contributed by atoms with Gasteiger partial charge in [-0.3, -0.25) is 4.79 Å². The molecule has 0 aliphatic carbocycles. The number of amides is 1. The molecule has 4 heteroatoms. The first-order valence-electron chi connectivity index (χ1n) is 6.67. The molecule has 106 valence electrons. The zero-order valence-electron chi connectivity index (χ0n) is 11.5. The minimum Gasteiger partial charge on any atom is -0.352 e. The SMILES string of the molecule is CSCCCCNC(=O)c1ccc2cc(Br)ccc2c1. The molecule has 0 saturated heterocycles. The van der Waals surface area contributed by atoms with Crippen molar-refractivity contribution < 1.29 is 4.79 Å². The van der Waals surface area contributed by atoms with E-state index < -0.39 is 0 Å². The van der Waals surface area contributed by atoms with E-state index in [0.29, 0.717) is 0 Å². The van der Waals surface area contributed by atoms with Crippen molar-refractivity contribution in [2.45, 2.75) is 12.8 Å². The number of thioether (sulfide) groups is 1. The van der Waals surface area contributed by atoms with Gasteiger partial charge in [0.2, 0.25) is 0 Å². The molecule has 1 N–H and O–H groups in total. The normalized spacial score (nSPS) is 10.7. The highest BCUT2D eigenvalue weighted by Crippen LogP contribution is 2.20. The van der Waals surface area contributed by atoms with Gasteiger partial charge in [-0.05, 0) is 59.9 Å². The molecule has 0 heterocycles. The van der Waals surface area contributed by atoms with Crippen LogP contribution >= 0.6 is 27.7 Å². The van der Waals surface area contributed by atoms with Crippen LogP contribution < -0.4 is 5.32 Å². The number of halogens is 1. The van der Waals surface area contributed by atoms with Crippen LogP contribution in [-0.2, 0) is 0 Å². The van der Waals surface area contributed by atoms with Crippen molar-refractivity contribution in [2.75, 3.05) is 18.6 Å². The second-order valence-electron chi connectivity index (χ2n) is 4.66. The molecule has 0 aromatic heterocycles. The third-order valence-corrected chi connectivity index (χ3v) is 4.32. The lowest BCUT2D eigenvalue weighted by atomic mass is 10.1. The average Bonchev–Trinajstić information content (AvgIpc) is 2.46. The van der Waals surface area contributed by atoms with Crippen molar-refractivity contribution >= 4 is 44.4 Å². The molecule has 2 aromatic carbocycles. The van der Waals surface area contributed by atoms with E-state index in [9.17, 15) is 4.79 Å². The Morgan fingerprint density at radius 2 is 1.90 bits per heavy atom. The maximum absolute atomic E-state index is 12.1. The van der Waals surface area contributed by atoms with Crippen molar-refractivity contribution in [3.8, 4) is 0 Å². The van der Waals surface area contributed by atoms with E-state index in [4.69, 9.17) is 0 Å². The summed E-state index contributed by atoms with van der Waals surface area (Å²) in [5.74, 6) is 1.17. The van der Waals surface area contributed by atoms with Crippen molar-refractivity contribution in [2.24, 2.45) is 0 Å². The highest BCUT2D eigenvalue weighted by Gasteiger charge is 2.05. The first-order valence-corrected chi connectivity index (χ1v) is 8.86. The van der Waals surface area contributed by atoms with Gasteiger partial charge >= 0.3 is 0 Å². The summed E-state index contributed by atoms with van der Waals surface area (Å²) in [6.45, 7) is 0.748. The van der Waals surface area contributed by atoms with Crippen LogP contribution in [0.2, 0.25) is 0 Å². The predicted molar refractivity (Wildman–Crippen MR) is 91.6 cm³/mol. The van der Waals surface area contributed by atoms with Crippen molar-refractivity contribution in [1.82, 2.24) is 5.32 Å². The first-order chi connectivity index (χ1) is 9.70. The van der Waals surface area contributed by atoms with Crippen LogP contribution in [-0.4, -0.2) is 24.5 Å². The van der Waals surface area contributed by atoms with E-state index in [1.165, 1.54) is 0 Å². The smallest absolute Gasteiger partial charge is 0.251 e. The molecule has 0 aliphatic heterocycles. The van der Waals surface area contributed by atoms with Crippen LogP contribution in [0, 0.1) is 0 Å². The Morgan fingerprint density at radius 3 is 2.70 bits per heavy atom. The number of carbonyl (C=O) groups is 1. The van der Waals surface area contributed by atoms with Crippen LogP contribution in [0.5, 0.6) is 0 Å². The molecule has 0 bridgehead atoms. The summed E-state index contributed by atoms with van der Waals surface area (Å²) >= 11 is 5.30. The molecule has 0 atom stereocenters. The Balaban J connectivity index is 1.98. The Labute approximate surface area is 132 Å². The summed E-state index contributed by atoms with van der Waals surface area (Å²) in [6, 6.07) is 11.9. The van der Waals surface area contributed by atoms with Gasteiger partial charge in [0.1, 0.15) is 0 Å². The Bertz CT molecular complexity index is 600. The van der Waals surface area contributed by atoms with E-state index in [2.05, 4.69) is 33.6 Å². The summed E-state index contributed by atoms with van der Waals surface area (Å²) in [5.41, 5.74) is 0.727. The average molecular weight is 352 g/mol. The first kappa shape index (κ1) is 15.4. The maximum atomic E-state index is 12.1. The Hall–Kier alpha value is -1.00. The van der Waals surface area contributed by atoms with Crippen molar-refractivity contribution in [1.29, 1.82) is 0 Å². The Morgan fingerprint density at radius 1 is 1.15 bits per heavy atom. The molecule has 0 unspecified atom stereocenters. The molecule has 2 rings (SSSR count). The molecule has 0 fully saturated rings. The van der Waals surface area contributed by atoms with Crippen molar-refractivity contribution in [3.05, 3.63) is 46.4 Å². The molecule has 0 spiro atoms. The summed E-state index contributed by atoms with van der Waals surface area (Å²) in [7, 11) is 0. The lowest BCUT2D eigenvalue weighted by molar-refractivity contribution is 0.0953. The van der Waals surface area contributed by atoms with Gasteiger partial charge in [0.15, 0.2) is 0 Å². The van der Waals surface area contributed by atoms with E-state index >= 15 is 0 Å². The number of hydrogen-bond acceptors (Lipinski definition) is 2. The van der Waals surface area contributed by atoms with Gasteiger partial charge in [-0.1, -0.05) is 28.1 Å². The Kier molecular flexibility index (Phi) is 5.92. The van der Waals surface area contributed by atoms with E-state index in [0.717, 1.165) is 45.9 Å². The van der Waals surface area contributed by atoms with Crippen LogP contribution in [0.3, 0.4) is 0 Å². The number of carbonyl (C=O) groups excluding carboxylic acids is 1. The third-order valence-electron chi connectivity index (χ3n) is 3.13.